The monoisotopic (exact) mass is 359 g/mol. The lowest BCUT2D eigenvalue weighted by Crippen LogP contribution is -2.61. The van der Waals surface area contributed by atoms with E-state index in [4.69, 9.17) is 0 Å². The third kappa shape index (κ3) is 2.76. The van der Waals surface area contributed by atoms with Crippen LogP contribution in [-0.4, -0.2) is 40.9 Å². The number of nitrogens with zero attached hydrogens (tertiary/aromatic N) is 3. The number of hydrogen-bond acceptors (Lipinski definition) is 5. The van der Waals surface area contributed by atoms with E-state index in [1.165, 1.54) is 12.3 Å². The molecule has 2 aromatic heterocycles. The van der Waals surface area contributed by atoms with Crippen LogP contribution in [0.3, 0.4) is 0 Å². The van der Waals surface area contributed by atoms with Crippen molar-refractivity contribution in [2.24, 2.45) is 0 Å². The molecule has 128 valence electrons. The number of pyridine rings is 2. The molecule has 0 unspecified atom stereocenters. The average Bonchev–Trinajstić information content (AvgIpc) is 2.52. The van der Waals surface area contributed by atoms with Crippen LogP contribution in [0.2, 0.25) is 0 Å². The van der Waals surface area contributed by atoms with Crippen molar-refractivity contribution in [2.75, 3.05) is 13.1 Å². The fourth-order valence-electron chi connectivity index (χ4n) is 2.44. The zero-order valence-electron chi connectivity index (χ0n) is 12.1. The SMILES string of the molecule is O=S(=O)(c1ncccc1C(F)(F)F)N1CC(O)(c2ccccn2)C1. The van der Waals surface area contributed by atoms with Gasteiger partial charge >= 0.3 is 6.18 Å². The number of aliphatic hydroxyl groups is 1. The zero-order chi connectivity index (χ0) is 17.6. The maximum Gasteiger partial charge on any atom is 0.419 e. The maximum atomic E-state index is 13.0. The number of sulfonamides is 1. The molecule has 3 rings (SSSR count). The molecular weight excluding hydrogens is 347 g/mol. The maximum absolute atomic E-state index is 13.0. The van der Waals surface area contributed by atoms with Crippen molar-refractivity contribution in [3.05, 3.63) is 54.0 Å². The Morgan fingerprint density at radius 3 is 2.33 bits per heavy atom. The lowest BCUT2D eigenvalue weighted by Gasteiger charge is -2.44. The van der Waals surface area contributed by atoms with Crippen molar-refractivity contribution in [1.82, 2.24) is 14.3 Å². The highest BCUT2D eigenvalue weighted by Crippen LogP contribution is 2.38. The third-order valence-corrected chi connectivity index (χ3v) is 5.43. The van der Waals surface area contributed by atoms with Gasteiger partial charge in [-0.1, -0.05) is 6.07 Å². The van der Waals surface area contributed by atoms with Crippen LogP contribution in [0, 0.1) is 0 Å². The summed E-state index contributed by atoms with van der Waals surface area (Å²) in [6.45, 7) is -0.777. The van der Waals surface area contributed by atoms with Crippen LogP contribution in [0.1, 0.15) is 11.3 Å². The predicted octanol–water partition coefficient (Wildman–Crippen LogP) is 1.39. The van der Waals surface area contributed by atoms with E-state index in [1.807, 2.05) is 0 Å². The Bertz CT molecular complexity index is 850. The molecule has 0 aliphatic carbocycles. The minimum absolute atomic E-state index is 0.258. The van der Waals surface area contributed by atoms with Crippen LogP contribution in [-0.2, 0) is 21.8 Å². The van der Waals surface area contributed by atoms with Crippen LogP contribution in [0.5, 0.6) is 0 Å². The van der Waals surface area contributed by atoms with Gasteiger partial charge in [0.25, 0.3) is 10.0 Å². The molecule has 0 atom stereocenters. The summed E-state index contributed by atoms with van der Waals surface area (Å²) in [6, 6.07) is 6.44. The topological polar surface area (TPSA) is 83.4 Å². The minimum atomic E-state index is -4.85. The largest absolute Gasteiger partial charge is 0.419 e. The molecule has 0 bridgehead atoms. The summed E-state index contributed by atoms with van der Waals surface area (Å²) in [5.41, 5.74) is -2.60. The first-order valence-corrected chi connectivity index (χ1v) is 8.25. The number of alkyl halides is 3. The number of β-amino-alcohol motifs (C(OH)–C–C–N with tert-alkyl or cyclic N) is 1. The molecule has 3 heterocycles. The van der Waals surface area contributed by atoms with Gasteiger partial charge in [0.15, 0.2) is 5.03 Å². The molecule has 0 spiro atoms. The van der Waals surface area contributed by atoms with E-state index in [2.05, 4.69) is 9.97 Å². The van der Waals surface area contributed by atoms with Gasteiger partial charge in [0.1, 0.15) is 5.60 Å². The van der Waals surface area contributed by atoms with Crippen molar-refractivity contribution < 1.29 is 26.7 Å². The fourth-order valence-corrected chi connectivity index (χ4v) is 4.11. The molecule has 0 radical (unpaired) electrons. The molecule has 1 fully saturated rings. The summed E-state index contributed by atoms with van der Waals surface area (Å²) >= 11 is 0. The average molecular weight is 359 g/mol. The number of aromatic nitrogens is 2. The Labute approximate surface area is 135 Å². The number of rotatable bonds is 3. The lowest BCUT2D eigenvalue weighted by molar-refractivity contribution is -0.140. The van der Waals surface area contributed by atoms with Gasteiger partial charge in [-0.15, -0.1) is 0 Å². The second-order valence-electron chi connectivity index (χ2n) is 5.37. The number of halogens is 3. The van der Waals surface area contributed by atoms with Gasteiger partial charge in [-0.25, -0.2) is 13.4 Å². The molecule has 0 amide bonds. The van der Waals surface area contributed by atoms with Gasteiger partial charge in [-0.3, -0.25) is 4.98 Å². The van der Waals surface area contributed by atoms with E-state index in [-0.39, 0.29) is 18.8 Å². The van der Waals surface area contributed by atoms with Crippen LogP contribution < -0.4 is 0 Å². The first-order valence-electron chi connectivity index (χ1n) is 6.81. The smallest absolute Gasteiger partial charge is 0.381 e. The quantitative estimate of drug-likeness (QED) is 0.895. The summed E-state index contributed by atoms with van der Waals surface area (Å²) in [7, 11) is -4.48. The van der Waals surface area contributed by atoms with Gasteiger partial charge in [-0.05, 0) is 24.3 Å². The van der Waals surface area contributed by atoms with Gasteiger partial charge in [0.2, 0.25) is 0 Å². The Morgan fingerprint density at radius 2 is 1.75 bits per heavy atom. The summed E-state index contributed by atoms with van der Waals surface area (Å²) in [6.07, 6.45) is -2.43. The molecule has 2 aromatic rings. The molecule has 1 N–H and O–H groups in total. The molecule has 10 heteroatoms. The third-order valence-electron chi connectivity index (χ3n) is 3.68. The Morgan fingerprint density at radius 1 is 1.08 bits per heavy atom. The highest BCUT2D eigenvalue weighted by molar-refractivity contribution is 7.89. The highest BCUT2D eigenvalue weighted by Gasteiger charge is 2.51. The summed E-state index contributed by atoms with van der Waals surface area (Å²) in [5.74, 6) is 0. The van der Waals surface area contributed by atoms with E-state index in [0.29, 0.717) is 6.07 Å². The zero-order valence-corrected chi connectivity index (χ0v) is 12.9. The van der Waals surface area contributed by atoms with Gasteiger partial charge < -0.3 is 5.11 Å². The van der Waals surface area contributed by atoms with Crippen LogP contribution in [0.25, 0.3) is 0 Å². The second kappa shape index (κ2) is 5.50. The van der Waals surface area contributed by atoms with Gasteiger partial charge in [0, 0.05) is 12.4 Å². The molecule has 1 saturated heterocycles. The second-order valence-corrected chi connectivity index (χ2v) is 7.23. The van der Waals surface area contributed by atoms with Crippen molar-refractivity contribution in [3.8, 4) is 0 Å². The Kier molecular flexibility index (Phi) is 3.85. The molecule has 1 aliphatic rings. The standard InChI is InChI=1S/C14H12F3N3O3S/c15-14(16,17)10-4-3-7-19-12(10)24(22,23)20-8-13(21,9-20)11-5-1-2-6-18-11/h1-7,21H,8-9H2. The van der Waals surface area contributed by atoms with Crippen molar-refractivity contribution in [3.63, 3.8) is 0 Å². The molecule has 1 aliphatic heterocycles. The first-order chi connectivity index (χ1) is 11.1. The van der Waals surface area contributed by atoms with Crippen LogP contribution >= 0.6 is 0 Å². The lowest BCUT2D eigenvalue weighted by atomic mass is 9.92. The summed E-state index contributed by atoms with van der Waals surface area (Å²) < 4.78 is 64.6. The normalized spacial score (nSPS) is 18.2. The van der Waals surface area contributed by atoms with Gasteiger partial charge in [0.05, 0.1) is 24.3 Å². The minimum Gasteiger partial charge on any atom is -0.381 e. The van der Waals surface area contributed by atoms with Crippen molar-refractivity contribution in [2.45, 2.75) is 16.8 Å². The highest BCUT2D eigenvalue weighted by atomic mass is 32.2. The molecule has 0 saturated carbocycles. The van der Waals surface area contributed by atoms with E-state index in [1.54, 1.807) is 12.1 Å². The molecule has 0 aromatic carbocycles. The van der Waals surface area contributed by atoms with Crippen molar-refractivity contribution >= 4 is 10.0 Å². The van der Waals surface area contributed by atoms with E-state index >= 15 is 0 Å². The van der Waals surface area contributed by atoms with E-state index in [9.17, 15) is 26.7 Å². The van der Waals surface area contributed by atoms with Gasteiger partial charge in [-0.2, -0.15) is 17.5 Å². The van der Waals surface area contributed by atoms with E-state index in [0.717, 1.165) is 16.6 Å². The van der Waals surface area contributed by atoms with Crippen LogP contribution in [0.4, 0.5) is 13.2 Å². The van der Waals surface area contributed by atoms with Crippen molar-refractivity contribution in [1.29, 1.82) is 0 Å². The van der Waals surface area contributed by atoms with Crippen LogP contribution in [0.15, 0.2) is 47.8 Å². The van der Waals surface area contributed by atoms with E-state index < -0.39 is 32.4 Å². The fraction of sp³-hybridized carbons (Fsp3) is 0.286. The Balaban J connectivity index is 1.90. The first kappa shape index (κ1) is 16.8. The predicted molar refractivity (Wildman–Crippen MR) is 76.1 cm³/mol. The Hall–Kier alpha value is -2.04. The number of hydrogen-bond donors (Lipinski definition) is 1. The molecule has 24 heavy (non-hydrogen) atoms. The summed E-state index contributed by atoms with van der Waals surface area (Å²) in [5, 5.41) is 9.31. The molecular formula is C14H12F3N3O3S. The molecule has 6 nitrogen and oxygen atoms in total. The summed E-state index contributed by atoms with van der Waals surface area (Å²) in [4.78, 5) is 7.34.